The predicted octanol–water partition coefficient (Wildman–Crippen LogP) is 4.19. The smallest absolute Gasteiger partial charge is 0.270 e. The molecule has 0 amide bonds. The lowest BCUT2D eigenvalue weighted by Crippen LogP contribution is -2.30. The van der Waals surface area contributed by atoms with Gasteiger partial charge in [0.05, 0.1) is 16.2 Å². The second-order valence-electron chi connectivity index (χ2n) is 8.53. The van der Waals surface area contributed by atoms with Gasteiger partial charge in [-0.1, -0.05) is 12.1 Å². The second kappa shape index (κ2) is 5.55. The Morgan fingerprint density at radius 1 is 1.19 bits per heavy atom. The third-order valence-electron chi connectivity index (χ3n) is 5.03. The van der Waals surface area contributed by atoms with Crippen LogP contribution in [0.25, 0.3) is 0 Å². The average Bonchev–Trinajstić information content (AvgIpc) is 2.89. The lowest BCUT2D eigenvalue weighted by molar-refractivity contribution is -0.384. The molecular weight excluding hydrogens is 344 g/mol. The van der Waals surface area contributed by atoms with Crippen LogP contribution in [0.2, 0.25) is 0 Å². The molecule has 6 heteroatoms. The van der Waals surface area contributed by atoms with Gasteiger partial charge in [-0.05, 0) is 45.7 Å². The standard InChI is InChI=1S/C21H22N2O4/c1-20(2)10-13-9-16(24)19-15(11-21(3,4)27-19)17(13)18(22-20)12-6-5-7-14(8-12)23(25)26/h5-9,24H,10-11H2,1-4H3. The molecule has 2 aromatic rings. The summed E-state index contributed by atoms with van der Waals surface area (Å²) in [5.74, 6) is 0.641. The Balaban J connectivity index is 1.97. The number of fused-ring (bicyclic) bond motifs is 3. The Bertz CT molecular complexity index is 1010. The van der Waals surface area contributed by atoms with Gasteiger partial charge in [0.15, 0.2) is 11.5 Å². The van der Waals surface area contributed by atoms with Crippen LogP contribution in [0.15, 0.2) is 35.3 Å². The van der Waals surface area contributed by atoms with Gasteiger partial charge >= 0.3 is 0 Å². The molecule has 2 aromatic carbocycles. The fraction of sp³-hybridized carbons (Fsp3) is 0.381. The molecule has 0 saturated heterocycles. The van der Waals surface area contributed by atoms with E-state index in [0.29, 0.717) is 24.2 Å². The minimum absolute atomic E-state index is 0.0344. The first kappa shape index (κ1) is 17.5. The highest BCUT2D eigenvalue weighted by molar-refractivity contribution is 6.16. The number of non-ortho nitro benzene ring substituents is 1. The quantitative estimate of drug-likeness (QED) is 0.638. The number of ether oxygens (including phenoxy) is 1. The monoisotopic (exact) mass is 366 g/mol. The topological polar surface area (TPSA) is 85.0 Å². The second-order valence-corrected chi connectivity index (χ2v) is 8.53. The third kappa shape index (κ3) is 2.95. The zero-order chi connectivity index (χ0) is 19.6. The van der Waals surface area contributed by atoms with Crippen molar-refractivity contribution < 1.29 is 14.8 Å². The fourth-order valence-electron chi connectivity index (χ4n) is 4.06. The van der Waals surface area contributed by atoms with Crippen molar-refractivity contribution in [1.82, 2.24) is 0 Å². The summed E-state index contributed by atoms with van der Waals surface area (Å²) in [6.45, 7) is 8.02. The maximum absolute atomic E-state index is 11.2. The zero-order valence-corrected chi connectivity index (χ0v) is 15.9. The Kier molecular flexibility index (Phi) is 3.60. The molecular formula is C21H22N2O4. The first-order chi connectivity index (χ1) is 12.6. The van der Waals surface area contributed by atoms with E-state index in [9.17, 15) is 15.2 Å². The van der Waals surface area contributed by atoms with Crippen molar-refractivity contribution in [3.05, 3.63) is 62.7 Å². The number of nitro benzene ring substituents is 1. The highest BCUT2D eigenvalue weighted by Crippen LogP contribution is 2.47. The zero-order valence-electron chi connectivity index (χ0n) is 15.9. The molecule has 6 nitrogen and oxygen atoms in total. The van der Waals surface area contributed by atoms with E-state index in [0.717, 1.165) is 22.4 Å². The van der Waals surface area contributed by atoms with E-state index in [1.807, 2.05) is 33.8 Å². The molecule has 0 aliphatic carbocycles. The molecule has 0 saturated carbocycles. The van der Waals surface area contributed by atoms with Gasteiger partial charge in [0.1, 0.15) is 5.60 Å². The van der Waals surface area contributed by atoms with Crippen molar-refractivity contribution in [2.75, 3.05) is 0 Å². The Hall–Kier alpha value is -2.89. The molecule has 2 heterocycles. The normalized spacial score (nSPS) is 18.9. The SMILES string of the molecule is CC1(C)Cc2cc(O)c3c(c2C(c2cccc([N+](=O)[O-])c2)=N1)CC(C)(C)O3. The minimum Gasteiger partial charge on any atom is -0.504 e. The summed E-state index contributed by atoms with van der Waals surface area (Å²) in [5, 5.41) is 21.7. The van der Waals surface area contributed by atoms with Crippen molar-refractivity contribution in [3.63, 3.8) is 0 Å². The van der Waals surface area contributed by atoms with E-state index in [2.05, 4.69) is 0 Å². The van der Waals surface area contributed by atoms with Gasteiger partial charge in [0, 0.05) is 35.2 Å². The molecule has 1 N–H and O–H groups in total. The van der Waals surface area contributed by atoms with E-state index in [-0.39, 0.29) is 17.0 Å². The molecule has 140 valence electrons. The van der Waals surface area contributed by atoms with Crippen molar-refractivity contribution in [2.45, 2.75) is 51.7 Å². The average molecular weight is 366 g/mol. The molecule has 0 aromatic heterocycles. The first-order valence-electron chi connectivity index (χ1n) is 8.98. The van der Waals surface area contributed by atoms with Crippen LogP contribution in [-0.4, -0.2) is 26.9 Å². The third-order valence-corrected chi connectivity index (χ3v) is 5.03. The summed E-state index contributed by atoms with van der Waals surface area (Å²) >= 11 is 0. The lowest BCUT2D eigenvalue weighted by Gasteiger charge is -2.30. The number of nitrogens with zero attached hydrogens (tertiary/aromatic N) is 2. The molecule has 2 aliphatic heterocycles. The van der Waals surface area contributed by atoms with Gasteiger partial charge in [-0.15, -0.1) is 0 Å². The Morgan fingerprint density at radius 2 is 1.93 bits per heavy atom. The van der Waals surface area contributed by atoms with Crippen molar-refractivity contribution in [2.24, 2.45) is 4.99 Å². The van der Waals surface area contributed by atoms with E-state index >= 15 is 0 Å². The largest absolute Gasteiger partial charge is 0.504 e. The fourth-order valence-corrected chi connectivity index (χ4v) is 4.06. The summed E-state index contributed by atoms with van der Waals surface area (Å²) in [6.07, 6.45) is 1.33. The van der Waals surface area contributed by atoms with Crippen molar-refractivity contribution in [1.29, 1.82) is 0 Å². The van der Waals surface area contributed by atoms with Gasteiger partial charge in [-0.2, -0.15) is 0 Å². The predicted molar refractivity (Wildman–Crippen MR) is 103 cm³/mol. The van der Waals surface area contributed by atoms with E-state index in [4.69, 9.17) is 9.73 Å². The molecule has 0 fully saturated rings. The summed E-state index contributed by atoms with van der Waals surface area (Å²) < 4.78 is 5.98. The minimum atomic E-state index is -0.421. The summed E-state index contributed by atoms with van der Waals surface area (Å²) in [5.41, 5.74) is 3.53. The summed E-state index contributed by atoms with van der Waals surface area (Å²) in [4.78, 5) is 15.8. The molecule has 27 heavy (non-hydrogen) atoms. The van der Waals surface area contributed by atoms with E-state index in [1.54, 1.807) is 18.2 Å². The van der Waals surface area contributed by atoms with Crippen LogP contribution >= 0.6 is 0 Å². The van der Waals surface area contributed by atoms with E-state index < -0.39 is 10.5 Å². The molecule has 0 spiro atoms. The maximum Gasteiger partial charge on any atom is 0.270 e. The molecule has 0 unspecified atom stereocenters. The number of aromatic hydroxyl groups is 1. The molecule has 0 bridgehead atoms. The molecule has 2 aliphatic rings. The Morgan fingerprint density at radius 3 is 2.63 bits per heavy atom. The van der Waals surface area contributed by atoms with Crippen molar-refractivity contribution in [3.8, 4) is 11.5 Å². The maximum atomic E-state index is 11.2. The number of rotatable bonds is 2. The highest BCUT2D eigenvalue weighted by atomic mass is 16.6. The first-order valence-corrected chi connectivity index (χ1v) is 8.98. The van der Waals surface area contributed by atoms with Crippen LogP contribution in [-0.2, 0) is 12.8 Å². The molecule has 0 radical (unpaired) electrons. The Labute approximate surface area is 157 Å². The van der Waals surface area contributed by atoms with Gasteiger partial charge in [0.25, 0.3) is 5.69 Å². The van der Waals surface area contributed by atoms with Gasteiger partial charge < -0.3 is 9.84 Å². The molecule has 0 atom stereocenters. The van der Waals surface area contributed by atoms with Crippen molar-refractivity contribution >= 4 is 11.4 Å². The van der Waals surface area contributed by atoms with Crippen LogP contribution in [0.5, 0.6) is 11.5 Å². The van der Waals surface area contributed by atoms with E-state index in [1.165, 1.54) is 6.07 Å². The van der Waals surface area contributed by atoms with Gasteiger partial charge in [-0.3, -0.25) is 15.1 Å². The van der Waals surface area contributed by atoms with Crippen LogP contribution in [0, 0.1) is 10.1 Å². The number of hydrogen-bond acceptors (Lipinski definition) is 5. The number of phenolic OH excluding ortho intramolecular Hbond substituents is 1. The van der Waals surface area contributed by atoms with Crippen LogP contribution in [0.1, 0.15) is 49.9 Å². The van der Waals surface area contributed by atoms with Crippen LogP contribution in [0.3, 0.4) is 0 Å². The van der Waals surface area contributed by atoms with Crippen LogP contribution < -0.4 is 4.74 Å². The number of phenols is 1. The number of hydrogen-bond donors (Lipinski definition) is 1. The lowest BCUT2D eigenvalue weighted by atomic mass is 9.81. The molecule has 4 rings (SSSR count). The number of aliphatic imine (C=N–C) groups is 1. The number of nitro groups is 1. The van der Waals surface area contributed by atoms with Gasteiger partial charge in [-0.25, -0.2) is 0 Å². The number of benzene rings is 2. The summed E-state index contributed by atoms with van der Waals surface area (Å²) in [7, 11) is 0. The summed E-state index contributed by atoms with van der Waals surface area (Å²) in [6, 6.07) is 8.32. The highest BCUT2D eigenvalue weighted by Gasteiger charge is 2.39. The van der Waals surface area contributed by atoms with Gasteiger partial charge in [0.2, 0.25) is 0 Å². The van der Waals surface area contributed by atoms with Crippen LogP contribution in [0.4, 0.5) is 5.69 Å².